The third-order valence-corrected chi connectivity index (χ3v) is 7.21. The number of nitriles is 1. The van der Waals surface area contributed by atoms with Gasteiger partial charge in [0.25, 0.3) is 0 Å². The van der Waals surface area contributed by atoms with Crippen LogP contribution in [0.5, 0.6) is 0 Å². The molecule has 2 aromatic carbocycles. The zero-order valence-corrected chi connectivity index (χ0v) is 22.9. The number of rotatable bonds is 7. The summed E-state index contributed by atoms with van der Waals surface area (Å²) >= 11 is 6.79. The Bertz CT molecular complexity index is 1720. The molecule has 3 aromatic heterocycles. The summed E-state index contributed by atoms with van der Waals surface area (Å²) in [5.74, 6) is 0. The average molecular weight is 537 g/mol. The Kier molecular flexibility index (Phi) is 6.32. The van der Waals surface area contributed by atoms with Gasteiger partial charge in [0, 0.05) is 41.6 Å². The van der Waals surface area contributed by atoms with E-state index in [1.54, 1.807) is 12.4 Å². The van der Waals surface area contributed by atoms with Crippen LogP contribution in [0.25, 0.3) is 21.7 Å². The van der Waals surface area contributed by atoms with E-state index >= 15 is 0 Å². The van der Waals surface area contributed by atoms with Crippen LogP contribution < -0.4 is 10.6 Å². The minimum absolute atomic E-state index is 0.0175. The van der Waals surface area contributed by atoms with Crippen LogP contribution in [0.3, 0.4) is 0 Å². The predicted molar refractivity (Wildman–Crippen MR) is 155 cm³/mol. The Labute approximate surface area is 232 Å². The largest absolute Gasteiger partial charge is 0.383 e. The number of aromatic nitrogens is 5. The van der Waals surface area contributed by atoms with Crippen LogP contribution in [-0.4, -0.2) is 31.5 Å². The Morgan fingerprint density at radius 1 is 1.15 bits per heavy atom. The van der Waals surface area contributed by atoms with Crippen molar-refractivity contribution in [1.29, 1.82) is 5.26 Å². The minimum Gasteiger partial charge on any atom is -0.383 e. The van der Waals surface area contributed by atoms with E-state index in [0.29, 0.717) is 28.7 Å². The topological polar surface area (TPSA) is 104 Å². The van der Waals surface area contributed by atoms with Gasteiger partial charge in [0.1, 0.15) is 11.8 Å². The highest BCUT2D eigenvalue weighted by Crippen LogP contribution is 2.38. The molecule has 2 N–H and O–H groups in total. The predicted octanol–water partition coefficient (Wildman–Crippen LogP) is 6.89. The molecule has 0 amide bonds. The lowest BCUT2D eigenvalue weighted by molar-refractivity contribution is 0.443. The van der Waals surface area contributed by atoms with E-state index < -0.39 is 0 Å². The van der Waals surface area contributed by atoms with Crippen LogP contribution in [0, 0.1) is 16.7 Å². The molecule has 0 saturated heterocycles. The van der Waals surface area contributed by atoms with E-state index in [1.807, 2.05) is 41.3 Å². The molecule has 0 bridgehead atoms. The molecular weight excluding hydrogens is 508 g/mol. The molecule has 1 saturated carbocycles. The molecule has 1 atom stereocenters. The molecule has 5 aromatic rings. The molecule has 3 heterocycles. The van der Waals surface area contributed by atoms with E-state index in [0.717, 1.165) is 51.6 Å². The molecule has 0 radical (unpaired) electrons. The lowest BCUT2D eigenvalue weighted by Gasteiger charge is -2.23. The zero-order chi connectivity index (χ0) is 27.1. The maximum Gasteiger partial charge on any atom is 0.109 e. The third kappa shape index (κ3) is 5.10. The molecule has 6 rings (SSSR count). The van der Waals surface area contributed by atoms with Crippen LogP contribution in [0.2, 0.25) is 5.02 Å². The highest BCUT2D eigenvalue weighted by molar-refractivity contribution is 6.35. The van der Waals surface area contributed by atoms with Gasteiger partial charge in [-0.1, -0.05) is 55.8 Å². The van der Waals surface area contributed by atoms with Crippen molar-refractivity contribution in [3.8, 4) is 6.07 Å². The van der Waals surface area contributed by atoms with Gasteiger partial charge >= 0.3 is 0 Å². The fraction of sp³-hybridized carbons (Fsp3) is 0.300. The van der Waals surface area contributed by atoms with Crippen molar-refractivity contribution >= 4 is 44.7 Å². The van der Waals surface area contributed by atoms with E-state index in [4.69, 9.17) is 11.6 Å². The summed E-state index contributed by atoms with van der Waals surface area (Å²) in [6.07, 6.45) is 9.53. The standard InChI is InChI=1S/C30H29ClN8/c1-30(2,3)17-35-27-19(13-32)15-34-28-24(27)11-20(12-25(28)31)36-29(26-16-39(38-37-26)21-7-8-21)23-6-4-5-18-14-33-10-9-22(18)23/h4-6,9-12,14-16,21,29,36H,7-8,17H2,1-3H3,(H,34,35). The third-order valence-electron chi connectivity index (χ3n) is 6.92. The van der Waals surface area contributed by atoms with Crippen LogP contribution in [-0.2, 0) is 0 Å². The number of fused-ring (bicyclic) bond motifs is 2. The molecule has 39 heavy (non-hydrogen) atoms. The average Bonchev–Trinajstić information content (AvgIpc) is 3.66. The number of anilines is 2. The second kappa shape index (κ2) is 9.83. The van der Waals surface area contributed by atoms with Gasteiger partial charge in [0.2, 0.25) is 0 Å². The van der Waals surface area contributed by atoms with Crippen LogP contribution in [0.15, 0.2) is 61.2 Å². The van der Waals surface area contributed by atoms with Crippen molar-refractivity contribution < 1.29 is 0 Å². The van der Waals surface area contributed by atoms with Crippen molar-refractivity contribution in [2.75, 3.05) is 17.2 Å². The number of benzene rings is 2. The lowest BCUT2D eigenvalue weighted by atomic mass is 9.96. The first-order valence-electron chi connectivity index (χ1n) is 13.1. The van der Waals surface area contributed by atoms with E-state index in [9.17, 15) is 5.26 Å². The Balaban J connectivity index is 1.47. The van der Waals surface area contributed by atoms with Gasteiger partial charge in [-0.25, -0.2) is 4.68 Å². The van der Waals surface area contributed by atoms with Crippen molar-refractivity contribution in [3.05, 3.63) is 83.0 Å². The number of halogens is 1. The zero-order valence-electron chi connectivity index (χ0n) is 22.1. The summed E-state index contributed by atoms with van der Waals surface area (Å²) in [6.45, 7) is 7.13. The van der Waals surface area contributed by atoms with Gasteiger partial charge in [-0.05, 0) is 47.4 Å². The molecule has 1 aliphatic rings. The van der Waals surface area contributed by atoms with Crippen LogP contribution >= 0.6 is 11.6 Å². The first kappa shape index (κ1) is 25.1. The quantitative estimate of drug-likeness (QED) is 0.233. The van der Waals surface area contributed by atoms with E-state index in [2.05, 4.69) is 69.9 Å². The Morgan fingerprint density at radius 2 is 2.00 bits per heavy atom. The lowest BCUT2D eigenvalue weighted by Crippen LogP contribution is -2.20. The fourth-order valence-corrected chi connectivity index (χ4v) is 5.06. The number of pyridine rings is 2. The second-order valence-corrected chi connectivity index (χ2v) is 11.7. The minimum atomic E-state index is -0.296. The monoisotopic (exact) mass is 536 g/mol. The first-order chi connectivity index (χ1) is 18.8. The van der Waals surface area contributed by atoms with Gasteiger partial charge < -0.3 is 10.6 Å². The number of nitrogens with zero attached hydrogens (tertiary/aromatic N) is 6. The summed E-state index contributed by atoms with van der Waals surface area (Å²) in [4.78, 5) is 8.81. The first-order valence-corrected chi connectivity index (χ1v) is 13.5. The van der Waals surface area contributed by atoms with Crippen molar-refractivity contribution in [1.82, 2.24) is 25.0 Å². The highest BCUT2D eigenvalue weighted by atomic mass is 35.5. The fourth-order valence-electron chi connectivity index (χ4n) is 4.79. The number of hydrogen-bond donors (Lipinski definition) is 2. The second-order valence-electron chi connectivity index (χ2n) is 11.3. The van der Waals surface area contributed by atoms with Crippen LogP contribution in [0.1, 0.15) is 62.5 Å². The number of hydrogen-bond acceptors (Lipinski definition) is 7. The van der Waals surface area contributed by atoms with E-state index in [1.165, 1.54) is 0 Å². The molecule has 8 nitrogen and oxygen atoms in total. The van der Waals surface area contributed by atoms with Gasteiger partial charge in [-0.2, -0.15) is 5.26 Å². The summed E-state index contributed by atoms with van der Waals surface area (Å²) in [5.41, 5.74) is 4.54. The number of nitrogens with one attached hydrogen (secondary N) is 2. The van der Waals surface area contributed by atoms with Gasteiger partial charge in [-0.3, -0.25) is 9.97 Å². The maximum absolute atomic E-state index is 9.84. The van der Waals surface area contributed by atoms with Crippen molar-refractivity contribution in [2.45, 2.75) is 45.7 Å². The smallest absolute Gasteiger partial charge is 0.109 e. The maximum atomic E-state index is 9.84. The summed E-state index contributed by atoms with van der Waals surface area (Å²) in [7, 11) is 0. The van der Waals surface area contributed by atoms with E-state index in [-0.39, 0.29) is 11.5 Å². The Hall–Kier alpha value is -4.22. The van der Waals surface area contributed by atoms with Gasteiger partial charge in [-0.15, -0.1) is 5.10 Å². The van der Waals surface area contributed by atoms with Crippen molar-refractivity contribution in [2.24, 2.45) is 5.41 Å². The molecule has 0 aliphatic heterocycles. The highest BCUT2D eigenvalue weighted by Gasteiger charge is 2.28. The molecule has 1 fully saturated rings. The van der Waals surface area contributed by atoms with Crippen LogP contribution in [0.4, 0.5) is 11.4 Å². The van der Waals surface area contributed by atoms with Gasteiger partial charge in [0.05, 0.1) is 40.1 Å². The SMILES string of the molecule is CC(C)(C)CNc1c(C#N)cnc2c(Cl)cc(NC(c3cn(C4CC4)nn3)c3cccc4cnccc34)cc12. The molecule has 1 unspecified atom stereocenters. The summed E-state index contributed by atoms with van der Waals surface area (Å²) in [6, 6.07) is 14.5. The molecule has 1 aliphatic carbocycles. The molecule has 196 valence electrons. The molecular formula is C30H29ClN8. The summed E-state index contributed by atoms with van der Waals surface area (Å²) in [5, 5.41) is 29.4. The van der Waals surface area contributed by atoms with Gasteiger partial charge in [0.15, 0.2) is 0 Å². The normalized spacial score (nSPS) is 14.3. The summed E-state index contributed by atoms with van der Waals surface area (Å²) < 4.78 is 1.96. The van der Waals surface area contributed by atoms with Crippen molar-refractivity contribution in [3.63, 3.8) is 0 Å². The Morgan fingerprint density at radius 3 is 2.77 bits per heavy atom. The molecule has 0 spiro atoms. The molecule has 9 heteroatoms.